The molecule has 0 amide bonds. The van der Waals surface area contributed by atoms with Gasteiger partial charge in [0.25, 0.3) is 0 Å². The molecular formula is C10H14O2. The van der Waals surface area contributed by atoms with Crippen LogP contribution in [-0.2, 0) is 9.53 Å². The SMILES string of the molecule is COC(=O)C1=CC2CCCCC12. The Morgan fingerprint density at radius 2 is 2.25 bits per heavy atom. The number of ether oxygens (including phenoxy) is 1. The predicted molar refractivity (Wildman–Crippen MR) is 45.5 cm³/mol. The molecule has 0 spiro atoms. The zero-order valence-corrected chi connectivity index (χ0v) is 7.38. The molecule has 2 aliphatic rings. The fraction of sp³-hybridized carbons (Fsp3) is 0.700. The zero-order chi connectivity index (χ0) is 8.55. The molecule has 2 atom stereocenters. The van der Waals surface area contributed by atoms with E-state index < -0.39 is 0 Å². The van der Waals surface area contributed by atoms with Gasteiger partial charge in [-0.1, -0.05) is 18.9 Å². The topological polar surface area (TPSA) is 26.3 Å². The van der Waals surface area contributed by atoms with Crippen molar-refractivity contribution in [3.8, 4) is 0 Å². The van der Waals surface area contributed by atoms with Gasteiger partial charge in [-0.25, -0.2) is 4.79 Å². The van der Waals surface area contributed by atoms with Gasteiger partial charge in [0.05, 0.1) is 7.11 Å². The van der Waals surface area contributed by atoms with Crippen LogP contribution in [0, 0.1) is 11.8 Å². The Morgan fingerprint density at radius 3 is 2.92 bits per heavy atom. The highest BCUT2D eigenvalue weighted by molar-refractivity contribution is 5.90. The fourth-order valence-corrected chi connectivity index (χ4v) is 2.32. The van der Waals surface area contributed by atoms with Crippen LogP contribution < -0.4 is 0 Å². The Bertz CT molecular complexity index is 230. The summed E-state index contributed by atoms with van der Waals surface area (Å²) in [5.74, 6) is 1.11. The van der Waals surface area contributed by atoms with Gasteiger partial charge in [0.15, 0.2) is 0 Å². The third-order valence-corrected chi connectivity index (χ3v) is 3.03. The monoisotopic (exact) mass is 166 g/mol. The van der Waals surface area contributed by atoms with Gasteiger partial charge in [0.1, 0.15) is 0 Å². The Morgan fingerprint density at radius 1 is 1.50 bits per heavy atom. The van der Waals surface area contributed by atoms with Gasteiger partial charge < -0.3 is 4.74 Å². The van der Waals surface area contributed by atoms with E-state index in [4.69, 9.17) is 4.74 Å². The Balaban J connectivity index is 2.06. The zero-order valence-electron chi connectivity index (χ0n) is 7.38. The molecule has 2 heteroatoms. The highest BCUT2D eigenvalue weighted by Crippen LogP contribution is 2.44. The van der Waals surface area contributed by atoms with E-state index in [0.717, 1.165) is 5.57 Å². The van der Waals surface area contributed by atoms with Crippen LogP contribution in [0.4, 0.5) is 0 Å². The quantitative estimate of drug-likeness (QED) is 0.556. The highest BCUT2D eigenvalue weighted by Gasteiger charge is 2.38. The molecule has 0 saturated heterocycles. The third-order valence-electron chi connectivity index (χ3n) is 3.03. The minimum Gasteiger partial charge on any atom is -0.466 e. The molecule has 2 aliphatic carbocycles. The number of hydrogen-bond acceptors (Lipinski definition) is 2. The van der Waals surface area contributed by atoms with Gasteiger partial charge in [0.2, 0.25) is 0 Å². The van der Waals surface area contributed by atoms with E-state index in [0.29, 0.717) is 11.8 Å². The van der Waals surface area contributed by atoms with Crippen molar-refractivity contribution in [2.24, 2.45) is 11.8 Å². The average Bonchev–Trinajstić information content (AvgIpc) is 2.07. The van der Waals surface area contributed by atoms with Gasteiger partial charge in [0, 0.05) is 5.57 Å². The van der Waals surface area contributed by atoms with Crippen LogP contribution in [0.2, 0.25) is 0 Å². The summed E-state index contributed by atoms with van der Waals surface area (Å²) < 4.78 is 4.70. The number of carbonyl (C=O) groups excluding carboxylic acids is 1. The maximum Gasteiger partial charge on any atom is 0.333 e. The Hall–Kier alpha value is -0.790. The van der Waals surface area contributed by atoms with E-state index in [9.17, 15) is 4.79 Å². The number of hydrogen-bond donors (Lipinski definition) is 0. The van der Waals surface area contributed by atoms with Crippen LogP contribution >= 0.6 is 0 Å². The summed E-state index contributed by atoms with van der Waals surface area (Å²) in [5.41, 5.74) is 0.933. The van der Waals surface area contributed by atoms with Crippen LogP contribution in [0.15, 0.2) is 11.6 Å². The summed E-state index contributed by atoms with van der Waals surface area (Å²) in [6, 6.07) is 0. The molecule has 2 unspecified atom stereocenters. The minimum absolute atomic E-state index is 0.113. The molecule has 2 nitrogen and oxygen atoms in total. The first-order chi connectivity index (χ1) is 5.83. The maximum absolute atomic E-state index is 11.2. The number of fused-ring (bicyclic) bond motifs is 1. The number of allylic oxidation sites excluding steroid dienone is 1. The normalized spacial score (nSPS) is 32.9. The number of esters is 1. The van der Waals surface area contributed by atoms with Crippen molar-refractivity contribution >= 4 is 5.97 Å². The second kappa shape index (κ2) is 2.92. The van der Waals surface area contributed by atoms with Crippen LogP contribution in [0.5, 0.6) is 0 Å². The van der Waals surface area contributed by atoms with Gasteiger partial charge in [-0.3, -0.25) is 0 Å². The van der Waals surface area contributed by atoms with Crippen LogP contribution in [0.25, 0.3) is 0 Å². The molecular weight excluding hydrogens is 152 g/mol. The van der Waals surface area contributed by atoms with Gasteiger partial charge in [-0.2, -0.15) is 0 Å². The van der Waals surface area contributed by atoms with Crippen molar-refractivity contribution in [1.29, 1.82) is 0 Å². The average molecular weight is 166 g/mol. The predicted octanol–water partition coefficient (Wildman–Crippen LogP) is 1.91. The highest BCUT2D eigenvalue weighted by atomic mass is 16.5. The molecule has 0 bridgehead atoms. The fourth-order valence-electron chi connectivity index (χ4n) is 2.32. The van der Waals surface area contributed by atoms with Crippen LogP contribution in [0.3, 0.4) is 0 Å². The summed E-state index contributed by atoms with van der Waals surface area (Å²) in [5, 5.41) is 0. The van der Waals surface area contributed by atoms with E-state index in [2.05, 4.69) is 6.08 Å². The van der Waals surface area contributed by atoms with Crippen molar-refractivity contribution in [2.75, 3.05) is 7.11 Å². The smallest absolute Gasteiger partial charge is 0.333 e. The first-order valence-electron chi connectivity index (χ1n) is 4.63. The molecule has 1 fully saturated rings. The Labute approximate surface area is 72.6 Å². The lowest BCUT2D eigenvalue weighted by molar-refractivity contribution is -0.137. The molecule has 0 radical (unpaired) electrons. The second-order valence-electron chi connectivity index (χ2n) is 3.67. The summed E-state index contributed by atoms with van der Waals surface area (Å²) in [6.45, 7) is 0. The molecule has 0 aliphatic heterocycles. The largest absolute Gasteiger partial charge is 0.466 e. The molecule has 0 heterocycles. The summed E-state index contributed by atoms with van der Waals surface area (Å²) >= 11 is 0. The second-order valence-corrected chi connectivity index (χ2v) is 3.67. The van der Waals surface area contributed by atoms with Gasteiger partial charge in [-0.15, -0.1) is 0 Å². The number of carbonyl (C=O) groups is 1. The number of rotatable bonds is 1. The van der Waals surface area contributed by atoms with E-state index in [1.165, 1.54) is 32.8 Å². The van der Waals surface area contributed by atoms with Crippen molar-refractivity contribution in [3.63, 3.8) is 0 Å². The minimum atomic E-state index is -0.113. The molecule has 2 rings (SSSR count). The maximum atomic E-state index is 11.2. The summed E-state index contributed by atoms with van der Waals surface area (Å²) in [6.07, 6.45) is 7.15. The molecule has 12 heavy (non-hydrogen) atoms. The van der Waals surface area contributed by atoms with Crippen molar-refractivity contribution in [2.45, 2.75) is 25.7 Å². The van der Waals surface area contributed by atoms with Gasteiger partial charge >= 0.3 is 5.97 Å². The molecule has 0 aromatic carbocycles. The summed E-state index contributed by atoms with van der Waals surface area (Å²) in [7, 11) is 1.46. The van der Waals surface area contributed by atoms with Crippen molar-refractivity contribution in [1.82, 2.24) is 0 Å². The third kappa shape index (κ3) is 1.06. The standard InChI is InChI=1S/C10H14O2/c1-12-10(11)9-6-7-4-2-3-5-8(7)9/h6-8H,2-5H2,1H3. The first-order valence-corrected chi connectivity index (χ1v) is 4.63. The van der Waals surface area contributed by atoms with E-state index in [-0.39, 0.29) is 5.97 Å². The molecule has 0 aromatic heterocycles. The summed E-state index contributed by atoms with van der Waals surface area (Å²) in [4.78, 5) is 11.2. The lowest BCUT2D eigenvalue weighted by Crippen LogP contribution is -2.32. The molecule has 1 saturated carbocycles. The lowest BCUT2D eigenvalue weighted by atomic mass is 9.66. The molecule has 0 N–H and O–H groups in total. The van der Waals surface area contributed by atoms with E-state index in [1.807, 2.05) is 0 Å². The van der Waals surface area contributed by atoms with Gasteiger partial charge in [-0.05, 0) is 24.7 Å². The molecule has 66 valence electrons. The number of methoxy groups -OCH3 is 1. The lowest BCUT2D eigenvalue weighted by Gasteiger charge is -2.38. The van der Waals surface area contributed by atoms with Crippen LogP contribution in [-0.4, -0.2) is 13.1 Å². The van der Waals surface area contributed by atoms with E-state index in [1.54, 1.807) is 0 Å². The van der Waals surface area contributed by atoms with E-state index >= 15 is 0 Å². The molecule has 0 aromatic rings. The van der Waals surface area contributed by atoms with Crippen LogP contribution in [0.1, 0.15) is 25.7 Å². The van der Waals surface area contributed by atoms with Crippen molar-refractivity contribution in [3.05, 3.63) is 11.6 Å². The Kier molecular flexibility index (Phi) is 1.91. The van der Waals surface area contributed by atoms with Crippen molar-refractivity contribution < 1.29 is 9.53 Å². The first kappa shape index (κ1) is 7.84.